The van der Waals surface area contributed by atoms with Crippen LogP contribution >= 0.6 is 11.3 Å². The Morgan fingerprint density at radius 2 is 2.19 bits per heavy atom. The van der Waals surface area contributed by atoms with E-state index >= 15 is 0 Å². The number of hydrogen-bond acceptors (Lipinski definition) is 5. The quantitative estimate of drug-likeness (QED) is 0.885. The summed E-state index contributed by atoms with van der Waals surface area (Å²) in [7, 11) is 0. The van der Waals surface area contributed by atoms with E-state index in [0.717, 1.165) is 11.3 Å². The molecule has 6 heteroatoms. The van der Waals surface area contributed by atoms with Gasteiger partial charge in [-0.15, -0.1) is 11.3 Å². The van der Waals surface area contributed by atoms with E-state index in [1.165, 1.54) is 18.3 Å². The van der Waals surface area contributed by atoms with Crippen LogP contribution in [-0.2, 0) is 11.2 Å². The molecule has 0 fully saturated rings. The summed E-state index contributed by atoms with van der Waals surface area (Å²) in [6.45, 7) is 1.81. The molecule has 1 amide bonds. The number of fused-ring (bicyclic) bond motifs is 1. The van der Waals surface area contributed by atoms with E-state index in [9.17, 15) is 9.59 Å². The van der Waals surface area contributed by atoms with Crippen LogP contribution in [0, 0.1) is 5.92 Å². The molecule has 1 aliphatic heterocycles. The Balaban J connectivity index is 1.67. The zero-order valence-corrected chi connectivity index (χ0v) is 12.3. The lowest BCUT2D eigenvalue weighted by Crippen LogP contribution is -2.32. The van der Waals surface area contributed by atoms with Crippen LogP contribution in [0.15, 0.2) is 29.6 Å². The van der Waals surface area contributed by atoms with Gasteiger partial charge in [0.15, 0.2) is 10.9 Å². The smallest absolute Gasteiger partial charge is 0.233 e. The fourth-order valence-corrected chi connectivity index (χ4v) is 2.95. The van der Waals surface area contributed by atoms with E-state index in [2.05, 4.69) is 10.3 Å². The zero-order chi connectivity index (χ0) is 14.8. The van der Waals surface area contributed by atoms with E-state index in [0.29, 0.717) is 23.9 Å². The van der Waals surface area contributed by atoms with Crippen LogP contribution in [0.5, 0.6) is 5.75 Å². The van der Waals surface area contributed by atoms with Crippen molar-refractivity contribution < 1.29 is 14.3 Å². The van der Waals surface area contributed by atoms with Gasteiger partial charge in [0.25, 0.3) is 0 Å². The standard InChI is InChI=1S/C15H14N2O3S/c1-9(18)12-8-21-15(16-12)17-14(19)11-6-10-4-2-3-5-13(10)20-7-11/h2-5,8,11H,6-7H2,1H3,(H,16,17,19)/t11-/m1/s1. The molecule has 3 rings (SSSR count). The Hall–Kier alpha value is -2.21. The first-order valence-electron chi connectivity index (χ1n) is 6.61. The summed E-state index contributed by atoms with van der Waals surface area (Å²) in [6.07, 6.45) is 0.646. The van der Waals surface area contributed by atoms with Gasteiger partial charge in [-0.3, -0.25) is 9.59 Å². The number of ether oxygens (including phenoxy) is 1. The number of para-hydroxylation sites is 1. The number of thiazole rings is 1. The molecule has 0 unspecified atom stereocenters. The number of anilines is 1. The van der Waals surface area contributed by atoms with Crippen LogP contribution < -0.4 is 10.1 Å². The van der Waals surface area contributed by atoms with Crippen molar-refractivity contribution in [1.82, 2.24) is 4.98 Å². The van der Waals surface area contributed by atoms with Crippen LogP contribution in [0.1, 0.15) is 23.0 Å². The molecule has 1 aliphatic rings. The van der Waals surface area contributed by atoms with Crippen molar-refractivity contribution >= 4 is 28.2 Å². The number of aromatic nitrogens is 1. The maximum absolute atomic E-state index is 12.2. The summed E-state index contributed by atoms with van der Waals surface area (Å²) in [5, 5.41) is 4.85. The van der Waals surface area contributed by atoms with Gasteiger partial charge in [-0.25, -0.2) is 4.98 Å². The zero-order valence-electron chi connectivity index (χ0n) is 11.5. The Labute approximate surface area is 126 Å². The molecule has 1 aromatic heterocycles. The molecule has 0 spiro atoms. The highest BCUT2D eigenvalue weighted by molar-refractivity contribution is 7.14. The predicted octanol–water partition coefficient (Wildman–Crippen LogP) is 2.54. The number of rotatable bonds is 3. The van der Waals surface area contributed by atoms with Crippen molar-refractivity contribution in [2.75, 3.05) is 11.9 Å². The topological polar surface area (TPSA) is 68.3 Å². The van der Waals surface area contributed by atoms with Gasteiger partial charge in [0.2, 0.25) is 5.91 Å². The van der Waals surface area contributed by atoms with Crippen molar-refractivity contribution in [2.24, 2.45) is 5.92 Å². The molecule has 0 bridgehead atoms. The highest BCUT2D eigenvalue weighted by atomic mass is 32.1. The van der Waals surface area contributed by atoms with Crippen molar-refractivity contribution in [1.29, 1.82) is 0 Å². The van der Waals surface area contributed by atoms with Gasteiger partial charge in [-0.05, 0) is 18.1 Å². The number of amides is 1. The maximum Gasteiger partial charge on any atom is 0.233 e. The third-order valence-electron chi connectivity index (χ3n) is 3.34. The minimum absolute atomic E-state index is 0.110. The lowest BCUT2D eigenvalue weighted by molar-refractivity contribution is -0.121. The molecule has 108 valence electrons. The normalized spacial score (nSPS) is 16.7. The van der Waals surface area contributed by atoms with Crippen LogP contribution in [0.2, 0.25) is 0 Å². The van der Waals surface area contributed by atoms with Crippen LogP contribution in [0.4, 0.5) is 5.13 Å². The molecule has 2 aromatic rings. The maximum atomic E-state index is 12.2. The van der Waals surface area contributed by atoms with Gasteiger partial charge in [-0.2, -0.15) is 0 Å². The molecule has 0 aliphatic carbocycles. The molecular weight excluding hydrogens is 288 g/mol. The number of Topliss-reactive ketones (excluding diaryl/α,β-unsaturated/α-hetero) is 1. The van der Waals surface area contributed by atoms with Gasteiger partial charge >= 0.3 is 0 Å². The average molecular weight is 302 g/mol. The molecular formula is C15H14N2O3S. The molecule has 0 saturated heterocycles. The highest BCUT2D eigenvalue weighted by Crippen LogP contribution is 2.27. The highest BCUT2D eigenvalue weighted by Gasteiger charge is 2.26. The van der Waals surface area contributed by atoms with Crippen LogP contribution in [0.3, 0.4) is 0 Å². The second-order valence-corrected chi connectivity index (χ2v) is 5.76. The molecule has 5 nitrogen and oxygen atoms in total. The summed E-state index contributed by atoms with van der Waals surface area (Å²) in [4.78, 5) is 27.5. The molecule has 2 heterocycles. The SMILES string of the molecule is CC(=O)c1csc(NC(=O)[C@H]2COc3ccccc3C2)n1. The number of hydrogen-bond donors (Lipinski definition) is 1. The first kappa shape index (κ1) is 13.8. The third-order valence-corrected chi connectivity index (χ3v) is 4.10. The van der Waals surface area contributed by atoms with Gasteiger partial charge in [0.05, 0.1) is 5.92 Å². The summed E-state index contributed by atoms with van der Waals surface area (Å²) in [6, 6.07) is 7.72. The Bertz CT molecular complexity index is 696. The molecule has 1 N–H and O–H groups in total. The Morgan fingerprint density at radius 3 is 2.95 bits per heavy atom. The van der Waals surface area contributed by atoms with E-state index in [4.69, 9.17) is 4.74 Å². The average Bonchev–Trinajstić information content (AvgIpc) is 2.95. The number of carbonyl (C=O) groups is 2. The van der Waals surface area contributed by atoms with Crippen molar-refractivity contribution in [3.8, 4) is 5.75 Å². The minimum Gasteiger partial charge on any atom is -0.492 e. The van der Waals surface area contributed by atoms with Gasteiger partial charge < -0.3 is 10.1 Å². The number of ketones is 1. The number of nitrogens with one attached hydrogen (secondary N) is 1. The predicted molar refractivity (Wildman–Crippen MR) is 79.9 cm³/mol. The van der Waals surface area contributed by atoms with Gasteiger partial charge in [0, 0.05) is 12.3 Å². The fraction of sp³-hybridized carbons (Fsp3) is 0.267. The lowest BCUT2D eigenvalue weighted by atomic mass is 9.96. The largest absolute Gasteiger partial charge is 0.492 e. The molecule has 0 saturated carbocycles. The van der Waals surface area contributed by atoms with Crippen LogP contribution in [-0.4, -0.2) is 23.3 Å². The second-order valence-electron chi connectivity index (χ2n) is 4.90. The van der Waals surface area contributed by atoms with E-state index in [1.807, 2.05) is 24.3 Å². The van der Waals surface area contributed by atoms with E-state index in [-0.39, 0.29) is 17.6 Å². The number of nitrogens with zero attached hydrogens (tertiary/aromatic N) is 1. The molecule has 1 aromatic carbocycles. The van der Waals surface area contributed by atoms with E-state index < -0.39 is 0 Å². The lowest BCUT2D eigenvalue weighted by Gasteiger charge is -2.24. The fourth-order valence-electron chi connectivity index (χ4n) is 2.20. The molecule has 1 atom stereocenters. The minimum atomic E-state index is -0.246. The first-order chi connectivity index (χ1) is 10.1. The third kappa shape index (κ3) is 2.95. The summed E-state index contributed by atoms with van der Waals surface area (Å²) >= 11 is 1.25. The number of benzene rings is 1. The summed E-state index contributed by atoms with van der Waals surface area (Å²) in [5.41, 5.74) is 1.41. The Morgan fingerprint density at radius 1 is 1.38 bits per heavy atom. The molecule has 21 heavy (non-hydrogen) atoms. The Kier molecular flexibility index (Phi) is 3.70. The van der Waals surface area contributed by atoms with E-state index in [1.54, 1.807) is 5.38 Å². The number of carbonyl (C=O) groups excluding carboxylic acids is 2. The monoisotopic (exact) mass is 302 g/mol. The summed E-state index contributed by atoms with van der Waals surface area (Å²) in [5.74, 6) is 0.356. The summed E-state index contributed by atoms with van der Waals surface area (Å²) < 4.78 is 5.61. The van der Waals surface area contributed by atoms with Crippen LogP contribution in [0.25, 0.3) is 0 Å². The second kappa shape index (κ2) is 5.65. The van der Waals surface area contributed by atoms with Gasteiger partial charge in [0.1, 0.15) is 18.1 Å². The first-order valence-corrected chi connectivity index (χ1v) is 7.49. The van der Waals surface area contributed by atoms with Crippen molar-refractivity contribution in [3.63, 3.8) is 0 Å². The van der Waals surface area contributed by atoms with Crippen molar-refractivity contribution in [2.45, 2.75) is 13.3 Å². The van der Waals surface area contributed by atoms with Gasteiger partial charge in [-0.1, -0.05) is 18.2 Å². The van der Waals surface area contributed by atoms with Crippen molar-refractivity contribution in [3.05, 3.63) is 40.9 Å². The molecule has 0 radical (unpaired) electrons.